The Morgan fingerprint density at radius 1 is 1.17 bits per heavy atom. The third-order valence-electron chi connectivity index (χ3n) is 5.29. The minimum atomic E-state index is 0.124. The average molecular weight is 395 g/mol. The predicted molar refractivity (Wildman–Crippen MR) is 115 cm³/mol. The van der Waals surface area contributed by atoms with Crippen LogP contribution in [0.1, 0.15) is 45.4 Å². The van der Waals surface area contributed by atoms with Gasteiger partial charge in [-0.15, -0.1) is 0 Å². The van der Waals surface area contributed by atoms with E-state index in [1.54, 1.807) is 6.20 Å². The molecular formula is C23H30N4O2. The highest BCUT2D eigenvalue weighted by Crippen LogP contribution is 2.26. The summed E-state index contributed by atoms with van der Waals surface area (Å²) in [4.78, 5) is 11.5. The SMILES string of the molecule is CCOC1=C(OC2CCCN(c3cncc(NC4=CCCC=C4)n3)C2)C=CCC1. The lowest BCUT2D eigenvalue weighted by Gasteiger charge is -2.34. The van der Waals surface area contributed by atoms with Crippen LogP contribution in [0, 0.1) is 0 Å². The second-order valence-corrected chi connectivity index (χ2v) is 7.52. The van der Waals surface area contributed by atoms with E-state index in [4.69, 9.17) is 14.5 Å². The van der Waals surface area contributed by atoms with Crippen molar-refractivity contribution in [3.05, 3.63) is 60.0 Å². The van der Waals surface area contributed by atoms with E-state index in [-0.39, 0.29) is 6.10 Å². The standard InChI is InChI=1S/C23H30N4O2/c1-2-28-20-12-6-7-13-21(20)29-19-11-8-14-27(17-19)23-16-24-15-22(26-23)25-18-9-4-3-5-10-18/h4,7,9-10,13,15-16,19H,2-3,5-6,8,11-12,14,17H2,1H3,(H,25,26). The zero-order valence-corrected chi connectivity index (χ0v) is 17.1. The first-order chi connectivity index (χ1) is 14.3. The molecule has 29 heavy (non-hydrogen) atoms. The Balaban J connectivity index is 1.42. The molecule has 4 rings (SSSR count). The van der Waals surface area contributed by atoms with Gasteiger partial charge in [0.15, 0.2) is 11.6 Å². The maximum atomic E-state index is 6.35. The fourth-order valence-corrected chi connectivity index (χ4v) is 3.89. The van der Waals surface area contributed by atoms with Crippen LogP contribution in [0.15, 0.2) is 60.0 Å². The van der Waals surface area contributed by atoms with Gasteiger partial charge in [0.1, 0.15) is 17.7 Å². The monoisotopic (exact) mass is 394 g/mol. The molecule has 154 valence electrons. The molecule has 1 saturated heterocycles. The van der Waals surface area contributed by atoms with Gasteiger partial charge in [-0.3, -0.25) is 4.98 Å². The Kier molecular flexibility index (Phi) is 6.49. The largest absolute Gasteiger partial charge is 0.494 e. The molecule has 1 aromatic heterocycles. The van der Waals surface area contributed by atoms with Gasteiger partial charge in [0.25, 0.3) is 0 Å². The molecule has 1 atom stereocenters. The number of hydrogen-bond acceptors (Lipinski definition) is 6. The van der Waals surface area contributed by atoms with E-state index in [1.165, 1.54) is 0 Å². The molecule has 0 amide bonds. The smallest absolute Gasteiger partial charge is 0.157 e. The number of nitrogens with zero attached hydrogens (tertiary/aromatic N) is 3. The van der Waals surface area contributed by atoms with Crippen molar-refractivity contribution < 1.29 is 9.47 Å². The van der Waals surface area contributed by atoms with Gasteiger partial charge in [-0.2, -0.15) is 0 Å². The molecule has 0 bridgehead atoms. The molecule has 0 aromatic carbocycles. The minimum Gasteiger partial charge on any atom is -0.494 e. The van der Waals surface area contributed by atoms with Crippen LogP contribution in [0.3, 0.4) is 0 Å². The van der Waals surface area contributed by atoms with Crippen LogP contribution >= 0.6 is 0 Å². The van der Waals surface area contributed by atoms with Gasteiger partial charge < -0.3 is 19.7 Å². The molecule has 1 aliphatic heterocycles. The van der Waals surface area contributed by atoms with E-state index in [1.807, 2.05) is 13.1 Å². The first-order valence-electron chi connectivity index (χ1n) is 10.7. The maximum Gasteiger partial charge on any atom is 0.157 e. The van der Waals surface area contributed by atoms with Crippen molar-refractivity contribution >= 4 is 11.6 Å². The molecule has 0 saturated carbocycles. The topological polar surface area (TPSA) is 59.5 Å². The van der Waals surface area contributed by atoms with Gasteiger partial charge in [-0.25, -0.2) is 4.98 Å². The van der Waals surface area contributed by atoms with Crippen molar-refractivity contribution in [2.45, 2.75) is 51.6 Å². The Hall–Kier alpha value is -2.76. The summed E-state index contributed by atoms with van der Waals surface area (Å²) in [5.74, 6) is 3.54. The Bertz CT molecular complexity index is 828. The van der Waals surface area contributed by atoms with Crippen molar-refractivity contribution in [2.24, 2.45) is 0 Å². The first kappa shape index (κ1) is 19.6. The summed E-state index contributed by atoms with van der Waals surface area (Å²) in [5, 5.41) is 3.37. The average Bonchev–Trinajstić information content (AvgIpc) is 2.76. The number of anilines is 2. The fraction of sp³-hybridized carbons (Fsp3) is 0.478. The van der Waals surface area contributed by atoms with Crippen molar-refractivity contribution in [1.29, 1.82) is 0 Å². The highest BCUT2D eigenvalue weighted by Gasteiger charge is 2.24. The van der Waals surface area contributed by atoms with Crippen molar-refractivity contribution in [1.82, 2.24) is 9.97 Å². The Morgan fingerprint density at radius 3 is 2.97 bits per heavy atom. The molecule has 1 aromatic rings. The summed E-state index contributed by atoms with van der Waals surface area (Å²) in [7, 11) is 0. The second-order valence-electron chi connectivity index (χ2n) is 7.52. The third kappa shape index (κ3) is 5.19. The van der Waals surface area contributed by atoms with Crippen molar-refractivity contribution in [3.63, 3.8) is 0 Å². The van der Waals surface area contributed by atoms with Gasteiger partial charge in [-0.1, -0.05) is 18.2 Å². The van der Waals surface area contributed by atoms with Crippen LogP contribution in [0.4, 0.5) is 11.6 Å². The molecule has 0 radical (unpaired) electrons. The number of ether oxygens (including phenoxy) is 2. The van der Waals surface area contributed by atoms with Crippen LogP contribution < -0.4 is 10.2 Å². The summed E-state index contributed by atoms with van der Waals surface area (Å²) >= 11 is 0. The van der Waals surface area contributed by atoms with E-state index in [9.17, 15) is 0 Å². The van der Waals surface area contributed by atoms with Crippen LogP contribution in [0.2, 0.25) is 0 Å². The summed E-state index contributed by atoms with van der Waals surface area (Å²) < 4.78 is 12.1. The second kappa shape index (κ2) is 9.63. The van der Waals surface area contributed by atoms with Crippen molar-refractivity contribution in [3.8, 4) is 0 Å². The first-order valence-corrected chi connectivity index (χ1v) is 10.7. The third-order valence-corrected chi connectivity index (χ3v) is 5.29. The van der Waals surface area contributed by atoms with Crippen LogP contribution in [0.25, 0.3) is 0 Å². The summed E-state index contributed by atoms with van der Waals surface area (Å²) in [6.45, 7) is 4.46. The molecule has 1 fully saturated rings. The molecule has 6 nitrogen and oxygen atoms in total. The van der Waals surface area contributed by atoms with Gasteiger partial charge in [0.05, 0.1) is 25.5 Å². The van der Waals surface area contributed by atoms with Crippen molar-refractivity contribution in [2.75, 3.05) is 29.9 Å². The van der Waals surface area contributed by atoms with E-state index in [0.717, 1.165) is 80.5 Å². The lowest BCUT2D eigenvalue weighted by atomic mass is 10.1. The summed E-state index contributed by atoms with van der Waals surface area (Å²) in [6, 6.07) is 0. The minimum absolute atomic E-state index is 0.124. The molecule has 1 unspecified atom stereocenters. The number of aromatic nitrogens is 2. The van der Waals surface area contributed by atoms with Gasteiger partial charge in [0.2, 0.25) is 0 Å². The molecule has 3 aliphatic rings. The lowest BCUT2D eigenvalue weighted by molar-refractivity contribution is 0.0877. The number of hydrogen-bond donors (Lipinski definition) is 1. The summed E-state index contributed by atoms with van der Waals surface area (Å²) in [5.41, 5.74) is 1.09. The number of piperidine rings is 1. The van der Waals surface area contributed by atoms with Crippen LogP contribution in [-0.4, -0.2) is 35.8 Å². The molecule has 2 aliphatic carbocycles. The zero-order chi connectivity index (χ0) is 19.9. The van der Waals surface area contributed by atoms with E-state index >= 15 is 0 Å². The van der Waals surface area contributed by atoms with Crippen LogP contribution in [-0.2, 0) is 9.47 Å². The molecule has 6 heteroatoms. The number of nitrogens with one attached hydrogen (secondary N) is 1. The van der Waals surface area contributed by atoms with Gasteiger partial charge >= 0.3 is 0 Å². The number of rotatable bonds is 7. The predicted octanol–water partition coefficient (Wildman–Crippen LogP) is 4.71. The molecule has 2 heterocycles. The van der Waals surface area contributed by atoms with Gasteiger partial charge in [-0.05, 0) is 51.2 Å². The Labute approximate surface area is 173 Å². The van der Waals surface area contributed by atoms with Crippen LogP contribution in [0.5, 0.6) is 0 Å². The molecular weight excluding hydrogens is 364 g/mol. The normalized spacial score (nSPS) is 21.8. The summed E-state index contributed by atoms with van der Waals surface area (Å²) in [6.07, 6.45) is 20.6. The highest BCUT2D eigenvalue weighted by atomic mass is 16.5. The highest BCUT2D eigenvalue weighted by molar-refractivity contribution is 5.49. The lowest BCUT2D eigenvalue weighted by Crippen LogP contribution is -2.40. The maximum absolute atomic E-state index is 6.35. The zero-order valence-electron chi connectivity index (χ0n) is 17.1. The van der Waals surface area contributed by atoms with E-state index in [2.05, 4.69) is 45.6 Å². The van der Waals surface area contributed by atoms with Gasteiger partial charge in [0, 0.05) is 18.7 Å². The molecule has 0 spiro atoms. The molecule has 1 N–H and O–H groups in total. The van der Waals surface area contributed by atoms with E-state index in [0.29, 0.717) is 6.61 Å². The fourth-order valence-electron chi connectivity index (χ4n) is 3.89. The Morgan fingerprint density at radius 2 is 2.10 bits per heavy atom. The van der Waals surface area contributed by atoms with E-state index < -0.39 is 0 Å². The number of allylic oxidation sites excluding steroid dienone is 6. The quantitative estimate of drug-likeness (QED) is 0.723.